The van der Waals surface area contributed by atoms with Gasteiger partial charge in [-0.2, -0.15) is 0 Å². The Labute approximate surface area is 130 Å². The second-order valence-corrected chi connectivity index (χ2v) is 7.24. The monoisotopic (exact) mass is 318 g/mol. The van der Waals surface area contributed by atoms with Gasteiger partial charge in [0.05, 0.1) is 4.90 Å². The molecule has 22 heavy (non-hydrogen) atoms. The third kappa shape index (κ3) is 3.35. The Morgan fingerprint density at radius 1 is 1.05 bits per heavy atom. The van der Waals surface area contributed by atoms with Gasteiger partial charge in [0.25, 0.3) is 5.91 Å². The van der Waals surface area contributed by atoms with E-state index in [1.54, 1.807) is 25.1 Å². The molecule has 0 aliphatic rings. The van der Waals surface area contributed by atoms with Crippen LogP contribution >= 0.6 is 0 Å². The number of para-hydroxylation sites is 1. The average Bonchev–Trinajstić information content (AvgIpc) is 2.48. The molecule has 6 heteroatoms. The molecule has 0 fully saturated rings. The summed E-state index contributed by atoms with van der Waals surface area (Å²) in [4.78, 5) is 12.5. The molecule has 0 spiro atoms. The number of hydrogen-bond donors (Lipinski definition) is 1. The fourth-order valence-electron chi connectivity index (χ4n) is 1.94. The van der Waals surface area contributed by atoms with Crippen LogP contribution in [0.2, 0.25) is 0 Å². The number of anilines is 1. The Balaban J connectivity index is 2.37. The third-order valence-electron chi connectivity index (χ3n) is 3.26. The summed E-state index contributed by atoms with van der Waals surface area (Å²) in [5.41, 5.74) is 1.71. The number of hydrogen-bond acceptors (Lipinski definition) is 3. The van der Waals surface area contributed by atoms with Crippen molar-refractivity contribution >= 4 is 21.6 Å². The maximum atomic E-state index is 12.4. The van der Waals surface area contributed by atoms with Crippen LogP contribution in [0.3, 0.4) is 0 Å². The van der Waals surface area contributed by atoms with Gasteiger partial charge in [0, 0.05) is 25.3 Å². The third-order valence-corrected chi connectivity index (χ3v) is 5.07. The van der Waals surface area contributed by atoms with Crippen LogP contribution < -0.4 is 5.32 Å². The van der Waals surface area contributed by atoms with Crippen LogP contribution in [0.15, 0.2) is 53.4 Å². The number of carbonyl (C=O) groups excluding carboxylic acids is 1. The van der Waals surface area contributed by atoms with Crippen LogP contribution in [0.1, 0.15) is 15.9 Å². The first kappa shape index (κ1) is 16.2. The fraction of sp³-hybridized carbons (Fsp3) is 0.188. The fourth-order valence-corrected chi connectivity index (χ4v) is 2.87. The van der Waals surface area contributed by atoms with Gasteiger partial charge in [-0.25, -0.2) is 12.7 Å². The predicted octanol–water partition coefficient (Wildman–Crippen LogP) is 2.50. The van der Waals surface area contributed by atoms with Crippen LogP contribution in [0.4, 0.5) is 5.69 Å². The van der Waals surface area contributed by atoms with E-state index < -0.39 is 10.0 Å². The molecule has 0 radical (unpaired) electrons. The van der Waals surface area contributed by atoms with E-state index in [0.717, 1.165) is 4.31 Å². The van der Waals surface area contributed by atoms with Crippen molar-refractivity contribution in [3.8, 4) is 0 Å². The molecule has 1 N–H and O–H groups in total. The van der Waals surface area contributed by atoms with Gasteiger partial charge >= 0.3 is 0 Å². The van der Waals surface area contributed by atoms with Crippen molar-refractivity contribution < 1.29 is 13.2 Å². The Morgan fingerprint density at radius 2 is 1.68 bits per heavy atom. The van der Waals surface area contributed by atoms with Gasteiger partial charge in [-0.05, 0) is 36.8 Å². The van der Waals surface area contributed by atoms with Gasteiger partial charge in [0.15, 0.2) is 0 Å². The van der Waals surface area contributed by atoms with Crippen LogP contribution in [0.5, 0.6) is 0 Å². The zero-order valence-corrected chi connectivity index (χ0v) is 13.5. The summed E-state index contributed by atoms with van der Waals surface area (Å²) in [5, 5.41) is 2.76. The average molecular weight is 318 g/mol. The summed E-state index contributed by atoms with van der Waals surface area (Å²) in [5.74, 6) is -0.334. The van der Waals surface area contributed by atoms with Gasteiger partial charge in [0.2, 0.25) is 10.0 Å². The van der Waals surface area contributed by atoms with Crippen molar-refractivity contribution in [2.75, 3.05) is 19.4 Å². The molecule has 0 bridgehead atoms. The Bertz CT molecular complexity index is 784. The van der Waals surface area contributed by atoms with E-state index in [9.17, 15) is 13.2 Å². The molecule has 2 aromatic rings. The topological polar surface area (TPSA) is 66.5 Å². The molecule has 0 atom stereocenters. The lowest BCUT2D eigenvalue weighted by atomic mass is 10.1. The molecule has 0 saturated heterocycles. The SMILES string of the molecule is Cc1ccc(S(=O)(=O)N(C)C)cc1C(=O)Nc1ccccc1. The quantitative estimate of drug-likeness (QED) is 0.942. The summed E-state index contributed by atoms with van der Waals surface area (Å²) in [6, 6.07) is 13.6. The number of sulfonamides is 1. The molecule has 5 nitrogen and oxygen atoms in total. The molecule has 0 heterocycles. The number of rotatable bonds is 4. The van der Waals surface area contributed by atoms with E-state index in [1.165, 1.54) is 26.2 Å². The van der Waals surface area contributed by atoms with Gasteiger partial charge in [0.1, 0.15) is 0 Å². The molecule has 0 saturated carbocycles. The molecule has 0 aliphatic heterocycles. The highest BCUT2D eigenvalue weighted by Gasteiger charge is 2.20. The molecule has 0 aliphatic carbocycles. The van der Waals surface area contributed by atoms with Crippen molar-refractivity contribution in [3.63, 3.8) is 0 Å². The molecule has 1 amide bonds. The highest BCUT2D eigenvalue weighted by atomic mass is 32.2. The Morgan fingerprint density at radius 3 is 2.27 bits per heavy atom. The van der Waals surface area contributed by atoms with Gasteiger partial charge in [-0.15, -0.1) is 0 Å². The zero-order valence-electron chi connectivity index (χ0n) is 12.7. The number of nitrogens with one attached hydrogen (secondary N) is 1. The second-order valence-electron chi connectivity index (χ2n) is 5.08. The summed E-state index contributed by atoms with van der Waals surface area (Å²) in [7, 11) is -0.655. The van der Waals surface area contributed by atoms with Crippen molar-refractivity contribution in [2.45, 2.75) is 11.8 Å². The first-order valence-corrected chi connectivity index (χ1v) is 8.16. The molecule has 0 unspecified atom stereocenters. The maximum Gasteiger partial charge on any atom is 0.255 e. The van der Waals surface area contributed by atoms with E-state index in [1.807, 2.05) is 18.2 Å². The highest BCUT2D eigenvalue weighted by molar-refractivity contribution is 7.89. The summed E-state index contributed by atoms with van der Waals surface area (Å²) in [6.45, 7) is 1.77. The van der Waals surface area contributed by atoms with Crippen LogP contribution in [0.25, 0.3) is 0 Å². The number of aryl methyl sites for hydroxylation is 1. The summed E-state index contributed by atoms with van der Waals surface area (Å²) in [6.07, 6.45) is 0. The predicted molar refractivity (Wildman–Crippen MR) is 86.4 cm³/mol. The summed E-state index contributed by atoms with van der Waals surface area (Å²) >= 11 is 0. The van der Waals surface area contributed by atoms with Gasteiger partial charge in [-0.1, -0.05) is 24.3 Å². The van der Waals surface area contributed by atoms with Crippen molar-refractivity contribution in [1.29, 1.82) is 0 Å². The van der Waals surface area contributed by atoms with Crippen molar-refractivity contribution in [3.05, 3.63) is 59.7 Å². The maximum absolute atomic E-state index is 12.4. The largest absolute Gasteiger partial charge is 0.322 e. The molecule has 116 valence electrons. The van der Waals surface area contributed by atoms with E-state index in [2.05, 4.69) is 5.32 Å². The van der Waals surface area contributed by atoms with Crippen LogP contribution in [-0.4, -0.2) is 32.7 Å². The Hall–Kier alpha value is -2.18. The standard InChI is InChI=1S/C16H18N2O3S/c1-12-9-10-14(22(20,21)18(2)3)11-15(12)16(19)17-13-7-5-4-6-8-13/h4-11H,1-3H3,(H,17,19). The lowest BCUT2D eigenvalue weighted by Crippen LogP contribution is -2.23. The highest BCUT2D eigenvalue weighted by Crippen LogP contribution is 2.19. The number of amides is 1. The molecule has 0 aromatic heterocycles. The van der Waals surface area contributed by atoms with Gasteiger partial charge < -0.3 is 5.32 Å². The number of benzene rings is 2. The minimum atomic E-state index is -3.57. The zero-order chi connectivity index (χ0) is 16.3. The first-order chi connectivity index (χ1) is 10.3. The molecule has 2 rings (SSSR count). The minimum Gasteiger partial charge on any atom is -0.322 e. The van der Waals surface area contributed by atoms with E-state index in [-0.39, 0.29) is 10.8 Å². The second kappa shape index (κ2) is 6.29. The van der Waals surface area contributed by atoms with E-state index in [0.29, 0.717) is 16.8 Å². The van der Waals surface area contributed by atoms with E-state index in [4.69, 9.17) is 0 Å². The number of carbonyl (C=O) groups is 1. The minimum absolute atomic E-state index is 0.0984. The smallest absolute Gasteiger partial charge is 0.255 e. The lowest BCUT2D eigenvalue weighted by Gasteiger charge is -2.14. The van der Waals surface area contributed by atoms with Crippen LogP contribution in [0, 0.1) is 6.92 Å². The first-order valence-electron chi connectivity index (χ1n) is 6.72. The van der Waals surface area contributed by atoms with E-state index >= 15 is 0 Å². The van der Waals surface area contributed by atoms with Crippen molar-refractivity contribution in [1.82, 2.24) is 4.31 Å². The Kier molecular flexibility index (Phi) is 4.63. The normalized spacial score (nSPS) is 11.5. The van der Waals surface area contributed by atoms with Gasteiger partial charge in [-0.3, -0.25) is 4.79 Å². The molecular formula is C16H18N2O3S. The number of nitrogens with zero attached hydrogens (tertiary/aromatic N) is 1. The molecule has 2 aromatic carbocycles. The summed E-state index contributed by atoms with van der Waals surface area (Å²) < 4.78 is 25.5. The van der Waals surface area contributed by atoms with Crippen LogP contribution in [-0.2, 0) is 10.0 Å². The molecular weight excluding hydrogens is 300 g/mol. The lowest BCUT2D eigenvalue weighted by molar-refractivity contribution is 0.102. The van der Waals surface area contributed by atoms with Crippen molar-refractivity contribution in [2.24, 2.45) is 0 Å².